The summed E-state index contributed by atoms with van der Waals surface area (Å²) in [6.07, 6.45) is 7.57. The van der Waals surface area contributed by atoms with Gasteiger partial charge in [0.15, 0.2) is 12.3 Å². The number of carbonyl (C=O) groups excluding carboxylic acids is 2. The molecule has 156 valence electrons. The zero-order valence-electron chi connectivity index (χ0n) is 16.8. The van der Waals surface area contributed by atoms with Crippen LogP contribution in [0.1, 0.15) is 61.6 Å². The summed E-state index contributed by atoms with van der Waals surface area (Å²) >= 11 is 0. The van der Waals surface area contributed by atoms with Gasteiger partial charge < -0.3 is 14.8 Å². The molecule has 0 atom stereocenters. The average Bonchev–Trinajstić information content (AvgIpc) is 3.21. The van der Waals surface area contributed by atoms with E-state index in [1.807, 2.05) is 0 Å². The van der Waals surface area contributed by atoms with Crippen LogP contribution in [0.3, 0.4) is 0 Å². The van der Waals surface area contributed by atoms with E-state index in [-0.39, 0.29) is 23.7 Å². The number of nitrogens with zero attached hydrogens (tertiary/aromatic N) is 2. The first-order valence-electron chi connectivity index (χ1n) is 10.4. The van der Waals surface area contributed by atoms with Crippen molar-refractivity contribution in [2.45, 2.75) is 57.4 Å². The smallest absolute Gasteiger partial charge is 0.359 e. The molecule has 2 aliphatic rings. The van der Waals surface area contributed by atoms with Crippen molar-refractivity contribution < 1.29 is 19.1 Å². The number of esters is 1. The van der Waals surface area contributed by atoms with Gasteiger partial charge in [0.25, 0.3) is 5.91 Å². The van der Waals surface area contributed by atoms with Crippen LogP contribution >= 0.6 is 0 Å². The summed E-state index contributed by atoms with van der Waals surface area (Å²) in [6, 6.07) is 1.68. The summed E-state index contributed by atoms with van der Waals surface area (Å²) in [5, 5.41) is 9.77. The molecule has 2 N–H and O–H groups in total. The summed E-state index contributed by atoms with van der Waals surface area (Å²) in [5.41, 5.74) is 1.11. The molecule has 1 saturated heterocycles. The van der Waals surface area contributed by atoms with E-state index in [0.717, 1.165) is 57.7 Å². The molecule has 1 aliphatic heterocycles. The Labute approximate surface area is 166 Å². The molecule has 1 saturated carbocycles. The zero-order chi connectivity index (χ0) is 19.8. The highest BCUT2D eigenvalue weighted by Crippen LogP contribution is 2.33. The van der Waals surface area contributed by atoms with E-state index >= 15 is 0 Å². The number of morpholine rings is 1. The summed E-state index contributed by atoms with van der Waals surface area (Å²) in [7, 11) is 0. The first kappa shape index (κ1) is 20.8. The van der Waals surface area contributed by atoms with Crippen molar-refractivity contribution in [3.8, 4) is 0 Å². The standard InChI is InChI=1S/C20H32N4O4/c1-2-6-16-13-17(23-22-16)19(26)28-14-18(25)21-15-20(7-4-3-5-8-20)24-9-11-27-12-10-24/h13H,2-12,14-15H2,1H3,(H,21,25)(H,22,23). The van der Waals surface area contributed by atoms with E-state index < -0.39 is 5.97 Å². The van der Waals surface area contributed by atoms with Crippen LogP contribution in [0.2, 0.25) is 0 Å². The van der Waals surface area contributed by atoms with Crippen LogP contribution in [0.4, 0.5) is 0 Å². The van der Waals surface area contributed by atoms with Crippen molar-refractivity contribution in [3.63, 3.8) is 0 Å². The van der Waals surface area contributed by atoms with Gasteiger partial charge in [-0.2, -0.15) is 5.10 Å². The molecule has 1 amide bonds. The third-order valence-corrected chi connectivity index (χ3v) is 5.77. The van der Waals surface area contributed by atoms with Crippen LogP contribution < -0.4 is 5.32 Å². The van der Waals surface area contributed by atoms with E-state index in [1.54, 1.807) is 6.07 Å². The molecule has 1 aromatic rings. The lowest BCUT2D eigenvalue weighted by Gasteiger charge is -2.48. The number of amides is 1. The van der Waals surface area contributed by atoms with E-state index in [1.165, 1.54) is 19.3 Å². The van der Waals surface area contributed by atoms with Gasteiger partial charge in [-0.1, -0.05) is 32.6 Å². The predicted molar refractivity (Wildman–Crippen MR) is 104 cm³/mol. The molecular formula is C20H32N4O4. The van der Waals surface area contributed by atoms with Crippen LogP contribution in [0, 0.1) is 0 Å². The topological polar surface area (TPSA) is 96.6 Å². The van der Waals surface area contributed by atoms with Gasteiger partial charge in [-0.25, -0.2) is 4.79 Å². The van der Waals surface area contributed by atoms with Gasteiger partial charge >= 0.3 is 5.97 Å². The Kier molecular flexibility index (Phi) is 7.44. The van der Waals surface area contributed by atoms with Gasteiger partial charge in [0, 0.05) is 30.9 Å². The Bertz CT molecular complexity index is 648. The Hall–Kier alpha value is -1.93. The number of hydrogen-bond donors (Lipinski definition) is 2. The molecule has 0 aromatic carbocycles. The second kappa shape index (κ2) is 10.0. The van der Waals surface area contributed by atoms with Crippen LogP contribution in [-0.2, 0) is 20.7 Å². The largest absolute Gasteiger partial charge is 0.451 e. The highest BCUT2D eigenvalue weighted by atomic mass is 16.5. The highest BCUT2D eigenvalue weighted by molar-refractivity contribution is 5.89. The molecule has 28 heavy (non-hydrogen) atoms. The fraction of sp³-hybridized carbons (Fsp3) is 0.750. The maximum atomic E-state index is 12.3. The second-order valence-corrected chi connectivity index (χ2v) is 7.77. The monoisotopic (exact) mass is 392 g/mol. The predicted octanol–water partition coefficient (Wildman–Crippen LogP) is 1.67. The Balaban J connectivity index is 1.48. The second-order valence-electron chi connectivity index (χ2n) is 7.77. The number of H-pyrrole nitrogens is 1. The maximum Gasteiger partial charge on any atom is 0.359 e. The van der Waals surface area contributed by atoms with Crippen LogP contribution in [0.15, 0.2) is 6.07 Å². The van der Waals surface area contributed by atoms with Crippen molar-refractivity contribution >= 4 is 11.9 Å². The number of ether oxygens (including phenoxy) is 2. The van der Waals surface area contributed by atoms with Crippen LogP contribution in [0.5, 0.6) is 0 Å². The fourth-order valence-electron chi connectivity index (χ4n) is 4.24. The number of aromatic nitrogens is 2. The van der Waals surface area contributed by atoms with E-state index in [0.29, 0.717) is 6.54 Å². The highest BCUT2D eigenvalue weighted by Gasteiger charge is 2.38. The number of rotatable bonds is 8. The number of aryl methyl sites for hydroxylation is 1. The quantitative estimate of drug-likeness (QED) is 0.654. The summed E-state index contributed by atoms with van der Waals surface area (Å²) in [5.74, 6) is -0.842. The van der Waals surface area contributed by atoms with Crippen LogP contribution in [0.25, 0.3) is 0 Å². The van der Waals surface area contributed by atoms with Crippen molar-refractivity contribution in [3.05, 3.63) is 17.5 Å². The molecule has 2 fully saturated rings. The van der Waals surface area contributed by atoms with Gasteiger partial charge in [-0.05, 0) is 25.3 Å². The minimum absolute atomic E-state index is 0.00105. The third kappa shape index (κ3) is 5.32. The molecule has 0 spiro atoms. The SMILES string of the molecule is CCCc1cc(C(=O)OCC(=O)NCC2(N3CCOCC3)CCCCC2)n[nH]1. The average molecular weight is 393 g/mol. The maximum absolute atomic E-state index is 12.3. The van der Waals surface area contributed by atoms with E-state index in [4.69, 9.17) is 9.47 Å². The number of hydrogen-bond acceptors (Lipinski definition) is 6. The Morgan fingerprint density at radius 3 is 2.75 bits per heavy atom. The van der Waals surface area contributed by atoms with Crippen molar-refractivity contribution in [2.24, 2.45) is 0 Å². The molecule has 8 nitrogen and oxygen atoms in total. The third-order valence-electron chi connectivity index (χ3n) is 5.77. The summed E-state index contributed by atoms with van der Waals surface area (Å²) < 4.78 is 10.6. The minimum atomic E-state index is -0.575. The fourth-order valence-corrected chi connectivity index (χ4v) is 4.24. The van der Waals surface area contributed by atoms with Crippen molar-refractivity contribution in [1.29, 1.82) is 0 Å². The summed E-state index contributed by atoms with van der Waals surface area (Å²) in [4.78, 5) is 26.8. The molecule has 0 unspecified atom stereocenters. The van der Waals surface area contributed by atoms with Crippen molar-refractivity contribution in [2.75, 3.05) is 39.5 Å². The Morgan fingerprint density at radius 1 is 1.29 bits per heavy atom. The summed E-state index contributed by atoms with van der Waals surface area (Å²) in [6.45, 7) is 5.67. The van der Waals surface area contributed by atoms with Gasteiger partial charge in [-0.3, -0.25) is 14.8 Å². The number of nitrogens with one attached hydrogen (secondary N) is 2. The lowest BCUT2D eigenvalue weighted by Crippen LogP contribution is -2.59. The van der Waals surface area contributed by atoms with Crippen LogP contribution in [-0.4, -0.2) is 72.0 Å². The van der Waals surface area contributed by atoms with Gasteiger partial charge in [0.05, 0.1) is 13.2 Å². The zero-order valence-corrected chi connectivity index (χ0v) is 16.8. The molecule has 2 heterocycles. The molecule has 3 rings (SSSR count). The first-order chi connectivity index (χ1) is 13.6. The van der Waals surface area contributed by atoms with Gasteiger partial charge in [-0.15, -0.1) is 0 Å². The molecule has 8 heteroatoms. The lowest BCUT2D eigenvalue weighted by atomic mass is 9.79. The normalized spacial score (nSPS) is 19.9. The molecule has 0 radical (unpaired) electrons. The molecule has 0 bridgehead atoms. The molecule has 1 aliphatic carbocycles. The molecular weight excluding hydrogens is 360 g/mol. The molecule has 1 aromatic heterocycles. The van der Waals surface area contributed by atoms with Gasteiger partial charge in [0.1, 0.15) is 0 Å². The number of aromatic amines is 1. The Morgan fingerprint density at radius 2 is 2.04 bits per heavy atom. The van der Waals surface area contributed by atoms with Gasteiger partial charge in [0.2, 0.25) is 0 Å². The van der Waals surface area contributed by atoms with E-state index in [2.05, 4.69) is 27.3 Å². The first-order valence-corrected chi connectivity index (χ1v) is 10.4. The number of carbonyl (C=O) groups is 2. The van der Waals surface area contributed by atoms with Crippen molar-refractivity contribution in [1.82, 2.24) is 20.4 Å². The lowest BCUT2D eigenvalue weighted by molar-refractivity contribution is -0.125. The van der Waals surface area contributed by atoms with E-state index in [9.17, 15) is 9.59 Å². The minimum Gasteiger partial charge on any atom is -0.451 e.